The highest BCUT2D eigenvalue weighted by atomic mass is 32.2. The fourth-order valence-corrected chi connectivity index (χ4v) is 10.1. The van der Waals surface area contributed by atoms with Gasteiger partial charge in [0.2, 0.25) is 0 Å². The third-order valence-corrected chi connectivity index (χ3v) is 13.9. The molecule has 0 saturated carbocycles. The van der Waals surface area contributed by atoms with Crippen molar-refractivity contribution < 1.29 is 57.1 Å². The van der Waals surface area contributed by atoms with Crippen LogP contribution in [0.5, 0.6) is 17.2 Å². The van der Waals surface area contributed by atoms with Gasteiger partial charge in [0.05, 0.1) is 106 Å². The van der Waals surface area contributed by atoms with Crippen LogP contribution < -0.4 is 33.5 Å². The fraction of sp³-hybridized carbons (Fsp3) is 0.453. The average molecular weight is 1030 g/mol. The van der Waals surface area contributed by atoms with E-state index in [2.05, 4.69) is 109 Å². The molecule has 3 aliphatic heterocycles. The zero-order valence-electron chi connectivity index (χ0n) is 41.5. The van der Waals surface area contributed by atoms with Crippen LogP contribution in [0.4, 0.5) is 27.9 Å². The van der Waals surface area contributed by atoms with E-state index < -0.39 is 0 Å². The van der Waals surface area contributed by atoms with Crippen LogP contribution in [0.1, 0.15) is 17.5 Å². The summed E-state index contributed by atoms with van der Waals surface area (Å²) in [7, 11) is 1.66. The fourth-order valence-electron chi connectivity index (χ4n) is 8.67. The van der Waals surface area contributed by atoms with Gasteiger partial charge < -0.3 is 52.6 Å². The molecule has 4 heterocycles. The van der Waals surface area contributed by atoms with E-state index in [9.17, 15) is 0 Å². The van der Waals surface area contributed by atoms with Crippen molar-refractivity contribution in [1.82, 2.24) is 0 Å². The predicted octanol–water partition coefficient (Wildman–Crippen LogP) is 9.53. The number of hydrogen-bond acceptors (Lipinski definition) is 18. The van der Waals surface area contributed by atoms with Gasteiger partial charge in [0.1, 0.15) is 42.8 Å². The minimum atomic E-state index is 0.323. The Hall–Kier alpha value is -5.32. The number of aryl methyl sites for hydroxylation is 3. The van der Waals surface area contributed by atoms with Crippen LogP contribution in [0.2, 0.25) is 0 Å². The molecule has 3 aliphatic rings. The number of methoxy groups -OCH3 is 1. The maximum Gasteiger partial charge on any atom is 0.409 e. The molecule has 0 spiro atoms. The van der Waals surface area contributed by atoms with Gasteiger partial charge in [-0.1, -0.05) is 47.5 Å². The molecule has 0 amide bonds. The largest absolute Gasteiger partial charge is 0.490 e. The number of anilines is 3. The first-order chi connectivity index (χ1) is 35.5. The molecule has 0 unspecified atom stereocenters. The number of azo groups is 1. The Balaban J connectivity index is 1.13. The van der Waals surface area contributed by atoms with Crippen LogP contribution in [-0.2, 0) is 39.6 Å². The minimum absolute atomic E-state index is 0.323. The number of fused-ring (bicyclic) bond motifs is 23. The molecular weight excluding hydrogens is 961 g/mol. The Morgan fingerprint density at radius 1 is 0.639 bits per heavy atom. The summed E-state index contributed by atoms with van der Waals surface area (Å²) in [6.45, 7) is 13.9. The number of aromatic nitrogens is 1. The van der Waals surface area contributed by atoms with Gasteiger partial charge in [0, 0.05) is 62.5 Å². The maximum absolute atomic E-state index is 8.66. The van der Waals surface area contributed by atoms with Crippen LogP contribution in [0.15, 0.2) is 101 Å². The van der Waals surface area contributed by atoms with Gasteiger partial charge in [-0.15, -0.1) is 4.33 Å². The normalized spacial score (nSPS) is 16.4. The van der Waals surface area contributed by atoms with Gasteiger partial charge in [-0.05, 0) is 95.7 Å². The topological polar surface area (TPSA) is 151 Å². The van der Waals surface area contributed by atoms with Crippen molar-refractivity contribution in [2.75, 3.05) is 146 Å². The molecule has 0 aliphatic carbocycles. The van der Waals surface area contributed by atoms with Gasteiger partial charge in [0.25, 0.3) is 0 Å². The smallest absolute Gasteiger partial charge is 0.409 e. The predicted molar refractivity (Wildman–Crippen MR) is 283 cm³/mol. The zero-order valence-corrected chi connectivity index (χ0v) is 43.2. The van der Waals surface area contributed by atoms with E-state index in [0.29, 0.717) is 142 Å². The second kappa shape index (κ2) is 28.2. The van der Waals surface area contributed by atoms with Crippen molar-refractivity contribution >= 4 is 72.2 Å². The summed E-state index contributed by atoms with van der Waals surface area (Å²) >= 11 is 2.62. The van der Waals surface area contributed by atoms with Crippen LogP contribution in [0, 0.1) is 13.8 Å². The molecule has 6 aromatic rings. The Kier molecular flexibility index (Phi) is 20.8. The standard InChI is InChI=1S/C53H66N6O11S2/c1-40-9-13-45-48(37-40)66-28-22-58(23-29-67-49-38-41(2)10-14-46(49)57-20-26-64-33-31-62-24-18-56(45)19-25-63-32-34-65-27-21-57)47-15-12-43(39-50(47)68-35-30-61-3)54-55-53-59(17-6-36-71-70-69-60)52-44-8-5-4-7-42(44)11-16-51(52)72-53/h4-5,7-16,37-39H,6,17-36H2,1-3H3/p+1. The first kappa shape index (κ1) is 53.0. The van der Waals surface area contributed by atoms with Crippen LogP contribution in [0.25, 0.3) is 21.0 Å². The van der Waals surface area contributed by atoms with Crippen LogP contribution in [0.3, 0.4) is 0 Å². The summed E-state index contributed by atoms with van der Waals surface area (Å²) in [6.07, 6.45) is 0.729. The van der Waals surface area contributed by atoms with E-state index in [1.54, 1.807) is 18.4 Å². The Morgan fingerprint density at radius 2 is 1.22 bits per heavy atom. The highest BCUT2D eigenvalue weighted by Crippen LogP contribution is 2.37. The molecule has 1 aromatic heterocycles. The third kappa shape index (κ3) is 14.9. The maximum atomic E-state index is 8.66. The van der Waals surface area contributed by atoms with Crippen molar-refractivity contribution in [3.63, 3.8) is 0 Å². The second-order valence-corrected chi connectivity index (χ2v) is 19.0. The SMILES string of the molecule is COCCOc1cc(N=Nc2sc3ccc4ccccc4c3[n+]2CCCSOOO)ccc1N1CCOc2cc(C)ccc2N2CCOCCOCCN(CCOCCOCC2)c2ccc(C)cc2OCC1. The molecule has 17 nitrogen and oxygen atoms in total. The zero-order chi connectivity index (χ0) is 49.7. The first-order valence-electron chi connectivity index (χ1n) is 24.6. The number of benzene rings is 5. The number of hydrogen-bond donors (Lipinski definition) is 1. The summed E-state index contributed by atoms with van der Waals surface area (Å²) in [6, 6.07) is 31.2. The van der Waals surface area contributed by atoms with Crippen LogP contribution >= 0.6 is 23.4 Å². The molecule has 0 radical (unpaired) electrons. The van der Waals surface area contributed by atoms with Crippen molar-refractivity contribution in [3.05, 3.63) is 102 Å². The molecule has 5 aromatic carbocycles. The first-order valence-corrected chi connectivity index (χ1v) is 26.4. The van der Waals surface area contributed by atoms with E-state index in [1.165, 1.54) is 0 Å². The van der Waals surface area contributed by atoms with Crippen molar-refractivity contribution in [3.8, 4) is 17.2 Å². The van der Waals surface area contributed by atoms with E-state index >= 15 is 0 Å². The molecule has 2 bridgehead atoms. The minimum Gasteiger partial charge on any atom is -0.490 e. The van der Waals surface area contributed by atoms with E-state index in [4.69, 9.17) is 53.4 Å². The average Bonchev–Trinajstić information content (AvgIpc) is 3.75. The molecule has 19 heteroatoms. The highest BCUT2D eigenvalue weighted by Gasteiger charge is 2.23. The Bertz CT molecular complexity index is 2560. The molecule has 72 heavy (non-hydrogen) atoms. The van der Waals surface area contributed by atoms with Crippen molar-refractivity contribution in [1.29, 1.82) is 0 Å². The summed E-state index contributed by atoms with van der Waals surface area (Å²) in [4.78, 5) is 6.78. The molecule has 1 saturated heterocycles. The molecule has 1 N–H and O–H groups in total. The van der Waals surface area contributed by atoms with Gasteiger partial charge >= 0.3 is 5.13 Å². The summed E-state index contributed by atoms with van der Waals surface area (Å²) in [5.74, 6) is 2.78. The molecule has 9 rings (SSSR count). The Morgan fingerprint density at radius 3 is 1.83 bits per heavy atom. The number of thiazole rings is 1. The monoisotopic (exact) mass is 1030 g/mol. The van der Waals surface area contributed by atoms with Gasteiger partial charge in [-0.3, -0.25) is 0 Å². The van der Waals surface area contributed by atoms with Gasteiger partial charge in [-0.25, -0.2) is 9.82 Å². The van der Waals surface area contributed by atoms with Crippen molar-refractivity contribution in [2.45, 2.75) is 26.8 Å². The lowest BCUT2D eigenvalue weighted by atomic mass is 10.1. The quantitative estimate of drug-likeness (QED) is 0.0222. The number of nitrogens with zero attached hydrogens (tertiary/aromatic N) is 6. The Labute approximate surface area is 430 Å². The number of rotatable bonds is 13. The van der Waals surface area contributed by atoms with E-state index in [-0.39, 0.29) is 0 Å². The molecule has 1 fully saturated rings. The highest BCUT2D eigenvalue weighted by molar-refractivity contribution is 7.94. The van der Waals surface area contributed by atoms with E-state index in [0.717, 1.165) is 84.3 Å². The lowest BCUT2D eigenvalue weighted by Gasteiger charge is -2.29. The molecule has 0 atom stereocenters. The lowest BCUT2D eigenvalue weighted by Crippen LogP contribution is -2.34. The summed E-state index contributed by atoms with van der Waals surface area (Å²) in [5, 5.41) is 25.2. The summed E-state index contributed by atoms with van der Waals surface area (Å²) < 4.78 is 57.9. The van der Waals surface area contributed by atoms with E-state index in [1.807, 2.05) is 24.3 Å². The second-order valence-electron chi connectivity index (χ2n) is 17.2. The van der Waals surface area contributed by atoms with Gasteiger partial charge in [-0.2, -0.15) is 0 Å². The van der Waals surface area contributed by atoms with Crippen molar-refractivity contribution in [2.24, 2.45) is 10.2 Å². The summed E-state index contributed by atoms with van der Waals surface area (Å²) in [5.41, 5.74) is 6.69. The molecular formula is C53H67N6O11S2+. The third-order valence-electron chi connectivity index (χ3n) is 12.2. The lowest BCUT2D eigenvalue weighted by molar-refractivity contribution is -0.654. The molecule has 386 valence electrons. The van der Waals surface area contributed by atoms with Gasteiger partial charge in [0.15, 0.2) is 5.52 Å². The number of ether oxygens (including phenoxy) is 8. The van der Waals surface area contributed by atoms with Crippen LogP contribution in [-0.4, -0.2) is 137 Å².